The van der Waals surface area contributed by atoms with E-state index in [1.807, 2.05) is 12.2 Å². The molecule has 0 unspecified atom stereocenters. The van der Waals surface area contributed by atoms with Crippen molar-refractivity contribution in [2.24, 2.45) is 0 Å². The molecule has 3 heteroatoms. The lowest BCUT2D eigenvalue weighted by atomic mass is 10.4. The van der Waals surface area contributed by atoms with E-state index in [9.17, 15) is 0 Å². The maximum atomic E-state index is 7.68. The fourth-order valence-corrected chi connectivity index (χ4v) is 11.6. The van der Waals surface area contributed by atoms with Crippen LogP contribution in [-0.2, 0) is 3.63 Å². The van der Waals surface area contributed by atoms with Gasteiger partial charge in [-0.2, -0.15) is 0 Å². The van der Waals surface area contributed by atoms with Crippen molar-refractivity contribution >= 4 is 20.6 Å². The average molecular weight is 471 g/mol. The Balaban J connectivity index is 2.03. The van der Waals surface area contributed by atoms with E-state index >= 15 is 0 Å². The maximum Gasteiger partial charge on any atom is 0.0263 e. The zero-order valence-electron chi connectivity index (χ0n) is 18.8. The predicted octanol–water partition coefficient (Wildman–Crippen LogP) is 9.05. The molecule has 0 saturated carbocycles. The fraction of sp³-hybridized carbons (Fsp3) is 0.0667. The molecule has 0 fully saturated rings. The first-order chi connectivity index (χ1) is 16.2. The van der Waals surface area contributed by atoms with Crippen LogP contribution in [0, 0.1) is 0 Å². The van der Waals surface area contributed by atoms with Crippen LogP contribution < -0.4 is 0 Å². The molecule has 0 bridgehead atoms. The van der Waals surface area contributed by atoms with Gasteiger partial charge in [-0.1, -0.05) is 106 Å². The van der Waals surface area contributed by atoms with E-state index < -0.39 is 20.6 Å². The molecule has 0 radical (unpaired) electrons. The van der Waals surface area contributed by atoms with Gasteiger partial charge in [0.15, 0.2) is 0 Å². The molecular weight excluding hydrogens is 440 g/mol. The Hall–Kier alpha value is -2.98. The van der Waals surface area contributed by atoms with Crippen LogP contribution in [0.2, 0.25) is 0 Å². The van der Waals surface area contributed by atoms with Crippen LogP contribution in [0.1, 0.15) is 0 Å². The van der Waals surface area contributed by atoms with E-state index in [-0.39, 0.29) is 0 Å². The molecule has 0 aliphatic carbocycles. The van der Waals surface area contributed by atoms with Crippen molar-refractivity contribution in [3.63, 3.8) is 0 Å². The average Bonchev–Trinajstić information content (AvgIpc) is 2.90. The van der Waals surface area contributed by atoms with Crippen LogP contribution in [0.4, 0.5) is 0 Å². The third-order valence-electron chi connectivity index (χ3n) is 5.43. The lowest BCUT2D eigenvalue weighted by Gasteiger charge is -2.50. The van der Waals surface area contributed by atoms with Crippen molar-refractivity contribution in [1.29, 1.82) is 0 Å². The fourth-order valence-electron chi connectivity index (χ4n) is 3.96. The minimum Gasteiger partial charge on any atom is -0.273 e. The van der Waals surface area contributed by atoms with Crippen molar-refractivity contribution in [3.8, 4) is 0 Å². The quantitative estimate of drug-likeness (QED) is 0.210. The molecule has 4 rings (SSSR count). The smallest absolute Gasteiger partial charge is 0.0263 e. The van der Waals surface area contributed by atoms with E-state index in [0.29, 0.717) is 0 Å². The Kier molecular flexibility index (Phi) is 7.56. The van der Waals surface area contributed by atoms with E-state index in [1.165, 1.54) is 19.6 Å². The highest BCUT2D eigenvalue weighted by molar-refractivity contribution is 8.42. The van der Waals surface area contributed by atoms with Gasteiger partial charge < -0.3 is 0 Å². The second kappa shape index (κ2) is 10.8. The summed E-state index contributed by atoms with van der Waals surface area (Å²) in [6.45, 7) is 8.30. The van der Waals surface area contributed by atoms with Gasteiger partial charge in [-0.05, 0) is 48.5 Å². The monoisotopic (exact) mass is 470 g/mol. The zero-order valence-corrected chi connectivity index (χ0v) is 20.4. The largest absolute Gasteiger partial charge is 0.273 e. The van der Waals surface area contributed by atoms with E-state index in [2.05, 4.69) is 134 Å². The van der Waals surface area contributed by atoms with Crippen LogP contribution in [0.3, 0.4) is 0 Å². The molecule has 0 aromatic heterocycles. The van der Waals surface area contributed by atoms with Gasteiger partial charge in [0.1, 0.15) is 0 Å². The van der Waals surface area contributed by atoms with Gasteiger partial charge in [0.25, 0.3) is 0 Å². The van der Waals surface area contributed by atoms with Crippen molar-refractivity contribution in [3.05, 3.63) is 147 Å². The summed E-state index contributed by atoms with van der Waals surface area (Å²) in [5, 5.41) is 0. The summed E-state index contributed by atoms with van der Waals surface area (Å²) >= 11 is 0. The van der Waals surface area contributed by atoms with Gasteiger partial charge in [-0.15, -0.1) is 13.2 Å². The summed E-state index contributed by atoms with van der Waals surface area (Å²) in [6, 6.07) is 42.6. The molecule has 0 aliphatic rings. The van der Waals surface area contributed by atoms with Gasteiger partial charge in [0.2, 0.25) is 0 Å². The number of hydrogen-bond acceptors (Lipinski definition) is 1. The second-order valence-electron chi connectivity index (χ2n) is 7.58. The summed E-state index contributed by atoms with van der Waals surface area (Å²) < 4.78 is 7.68. The van der Waals surface area contributed by atoms with Crippen LogP contribution in [-0.4, -0.2) is 11.5 Å². The Morgan fingerprint density at radius 3 is 0.909 bits per heavy atom. The van der Waals surface area contributed by atoms with Crippen molar-refractivity contribution in [1.82, 2.24) is 0 Å². The van der Waals surface area contributed by atoms with Gasteiger partial charge in [0, 0.05) is 31.1 Å². The normalized spacial score (nSPS) is 12.6. The van der Waals surface area contributed by atoms with E-state index in [0.717, 1.165) is 11.5 Å². The number of benzene rings is 4. The lowest BCUT2D eigenvalue weighted by molar-refractivity contribution is 0.680. The Labute approximate surface area is 201 Å². The molecule has 0 amide bonds. The Morgan fingerprint density at radius 2 is 0.697 bits per heavy atom. The highest BCUT2D eigenvalue weighted by atomic mass is 32.3. The molecular formula is C30H30OS2. The third-order valence-corrected chi connectivity index (χ3v) is 12.8. The summed E-state index contributed by atoms with van der Waals surface area (Å²) in [7, 11) is -3.82. The minimum absolute atomic E-state index is 0.729. The molecule has 0 aliphatic heterocycles. The molecule has 0 heterocycles. The van der Waals surface area contributed by atoms with Gasteiger partial charge in [-0.3, -0.25) is 3.63 Å². The molecule has 168 valence electrons. The van der Waals surface area contributed by atoms with Crippen LogP contribution in [0.25, 0.3) is 0 Å². The molecule has 4 aromatic carbocycles. The first kappa shape index (κ1) is 23.2. The highest BCUT2D eigenvalue weighted by Gasteiger charge is 2.39. The molecule has 0 saturated heterocycles. The van der Waals surface area contributed by atoms with Gasteiger partial charge in [-0.25, -0.2) is 0 Å². The van der Waals surface area contributed by atoms with Crippen LogP contribution in [0.15, 0.2) is 166 Å². The second-order valence-corrected chi connectivity index (χ2v) is 13.4. The third kappa shape index (κ3) is 4.72. The lowest BCUT2D eigenvalue weighted by Crippen LogP contribution is -2.17. The topological polar surface area (TPSA) is 9.23 Å². The molecule has 33 heavy (non-hydrogen) atoms. The van der Waals surface area contributed by atoms with Crippen molar-refractivity contribution < 1.29 is 3.63 Å². The van der Waals surface area contributed by atoms with E-state index in [4.69, 9.17) is 3.63 Å². The minimum atomic E-state index is -1.91. The summed E-state index contributed by atoms with van der Waals surface area (Å²) in [5.74, 6) is 1.46. The summed E-state index contributed by atoms with van der Waals surface area (Å²) in [5.41, 5.74) is 0. The van der Waals surface area contributed by atoms with Gasteiger partial charge in [0.05, 0.1) is 0 Å². The molecule has 1 nitrogen and oxygen atoms in total. The zero-order chi connectivity index (χ0) is 23.0. The molecule has 0 N–H and O–H groups in total. The number of hydrogen-bond donors (Lipinski definition) is 0. The van der Waals surface area contributed by atoms with Crippen molar-refractivity contribution in [2.75, 3.05) is 11.5 Å². The SMILES string of the molecule is C=CCS(OS(CC=C)(c1ccccc1)c1ccccc1)(c1ccccc1)c1ccccc1. The van der Waals surface area contributed by atoms with Crippen molar-refractivity contribution in [2.45, 2.75) is 19.6 Å². The molecule has 4 aromatic rings. The van der Waals surface area contributed by atoms with E-state index in [1.54, 1.807) is 0 Å². The van der Waals surface area contributed by atoms with Crippen LogP contribution >= 0.6 is 20.6 Å². The standard InChI is InChI=1S/C30H30OS2/c1-3-25-32(27-17-9-5-10-18-27,28-19-11-6-12-20-28)31-33(26-4-2,29-21-13-7-14-22-29)30-23-15-8-16-24-30/h3-24H,1-2,25-26H2. The molecule has 0 atom stereocenters. The number of rotatable bonds is 10. The summed E-state index contributed by atoms with van der Waals surface area (Å²) in [4.78, 5) is 4.79. The predicted molar refractivity (Wildman–Crippen MR) is 145 cm³/mol. The Bertz CT molecular complexity index is 985. The maximum absolute atomic E-state index is 7.68. The molecule has 0 spiro atoms. The van der Waals surface area contributed by atoms with Crippen LogP contribution in [0.5, 0.6) is 0 Å². The first-order valence-corrected chi connectivity index (χ1v) is 14.5. The first-order valence-electron chi connectivity index (χ1n) is 11.0. The van der Waals surface area contributed by atoms with Gasteiger partial charge >= 0.3 is 0 Å². The highest BCUT2D eigenvalue weighted by Crippen LogP contribution is 2.77. The summed E-state index contributed by atoms with van der Waals surface area (Å²) in [6.07, 6.45) is 4.01. The Morgan fingerprint density at radius 1 is 0.455 bits per heavy atom.